The van der Waals surface area contributed by atoms with E-state index in [-0.39, 0.29) is 0 Å². The highest BCUT2D eigenvalue weighted by molar-refractivity contribution is 6.09. The van der Waals surface area contributed by atoms with Crippen molar-refractivity contribution in [3.63, 3.8) is 0 Å². The summed E-state index contributed by atoms with van der Waals surface area (Å²) in [7, 11) is 1.69. The Morgan fingerprint density at radius 1 is 0.875 bits per heavy atom. The first-order valence-corrected chi connectivity index (χ1v) is 8.02. The quantitative estimate of drug-likeness (QED) is 0.560. The number of H-pyrrole nitrogens is 1. The zero-order valence-corrected chi connectivity index (χ0v) is 13.8. The van der Waals surface area contributed by atoms with E-state index < -0.39 is 0 Å². The maximum atomic E-state index is 6.03. The Kier molecular flexibility index (Phi) is 3.62. The molecule has 4 rings (SSSR count). The van der Waals surface area contributed by atoms with Crippen LogP contribution in [-0.2, 0) is 6.61 Å². The summed E-state index contributed by atoms with van der Waals surface area (Å²) in [5, 5.41) is 2.36. The fourth-order valence-electron chi connectivity index (χ4n) is 3.09. The van der Waals surface area contributed by atoms with E-state index in [4.69, 9.17) is 9.47 Å². The number of methoxy groups -OCH3 is 1. The lowest BCUT2D eigenvalue weighted by atomic mass is 10.1. The summed E-state index contributed by atoms with van der Waals surface area (Å²) in [6.07, 6.45) is 0. The average Bonchev–Trinajstić information content (AvgIpc) is 2.98. The van der Waals surface area contributed by atoms with Crippen LogP contribution >= 0.6 is 0 Å². The molecule has 0 fully saturated rings. The van der Waals surface area contributed by atoms with Gasteiger partial charge in [-0.2, -0.15) is 0 Å². The molecule has 120 valence electrons. The highest BCUT2D eigenvalue weighted by atomic mass is 16.5. The van der Waals surface area contributed by atoms with Crippen LogP contribution in [0.1, 0.15) is 11.1 Å². The van der Waals surface area contributed by atoms with Gasteiger partial charge in [-0.15, -0.1) is 0 Å². The van der Waals surface area contributed by atoms with Crippen LogP contribution in [0.3, 0.4) is 0 Å². The Hall–Kier alpha value is -2.94. The van der Waals surface area contributed by atoms with Crippen molar-refractivity contribution in [2.45, 2.75) is 13.5 Å². The number of para-hydroxylation sites is 1. The van der Waals surface area contributed by atoms with Crippen LogP contribution in [0.5, 0.6) is 11.5 Å². The highest BCUT2D eigenvalue weighted by Gasteiger charge is 2.11. The van der Waals surface area contributed by atoms with E-state index in [2.05, 4.69) is 42.2 Å². The van der Waals surface area contributed by atoms with E-state index in [0.717, 1.165) is 33.7 Å². The van der Waals surface area contributed by atoms with Gasteiger partial charge in [0.1, 0.15) is 18.1 Å². The lowest BCUT2D eigenvalue weighted by molar-refractivity contribution is 0.304. The van der Waals surface area contributed by atoms with E-state index in [9.17, 15) is 0 Å². The summed E-state index contributed by atoms with van der Waals surface area (Å²) in [5.74, 6) is 1.75. The van der Waals surface area contributed by atoms with Crippen molar-refractivity contribution in [1.82, 2.24) is 4.98 Å². The van der Waals surface area contributed by atoms with Crippen molar-refractivity contribution in [3.8, 4) is 11.5 Å². The molecule has 0 saturated heterocycles. The molecular weight excluding hydrogens is 298 g/mol. The van der Waals surface area contributed by atoms with Gasteiger partial charge in [-0.1, -0.05) is 42.5 Å². The number of ether oxygens (including phenoxy) is 2. The van der Waals surface area contributed by atoms with Gasteiger partial charge < -0.3 is 14.5 Å². The van der Waals surface area contributed by atoms with Gasteiger partial charge in [0, 0.05) is 16.8 Å². The summed E-state index contributed by atoms with van der Waals surface area (Å²) < 4.78 is 11.5. The fourth-order valence-corrected chi connectivity index (χ4v) is 3.09. The molecule has 0 aliphatic rings. The van der Waals surface area contributed by atoms with E-state index in [1.807, 2.05) is 30.3 Å². The SMILES string of the molecule is COc1cccc2c1[nH]c1cc(OCc3ccccc3)c(C)cc12. The molecule has 3 nitrogen and oxygen atoms in total. The van der Waals surface area contributed by atoms with Crippen LogP contribution < -0.4 is 9.47 Å². The molecule has 0 radical (unpaired) electrons. The molecule has 3 aromatic carbocycles. The number of fused-ring (bicyclic) bond motifs is 3. The van der Waals surface area contributed by atoms with Gasteiger partial charge in [-0.3, -0.25) is 0 Å². The van der Waals surface area contributed by atoms with Gasteiger partial charge in [0.25, 0.3) is 0 Å². The minimum atomic E-state index is 0.566. The Balaban J connectivity index is 1.75. The van der Waals surface area contributed by atoms with Crippen LogP contribution in [0.2, 0.25) is 0 Å². The van der Waals surface area contributed by atoms with Crippen molar-refractivity contribution in [2.75, 3.05) is 7.11 Å². The predicted octanol–water partition coefficient (Wildman–Crippen LogP) is 5.22. The molecule has 0 saturated carbocycles. The van der Waals surface area contributed by atoms with Gasteiger partial charge >= 0.3 is 0 Å². The number of nitrogens with one attached hydrogen (secondary N) is 1. The maximum Gasteiger partial charge on any atom is 0.142 e. The normalized spacial score (nSPS) is 11.1. The predicted molar refractivity (Wildman–Crippen MR) is 97.9 cm³/mol. The van der Waals surface area contributed by atoms with Crippen LogP contribution in [0, 0.1) is 6.92 Å². The molecular formula is C21H19NO2. The molecule has 0 amide bonds. The van der Waals surface area contributed by atoms with E-state index in [1.54, 1.807) is 7.11 Å². The maximum absolute atomic E-state index is 6.03. The first kappa shape index (κ1) is 14.6. The molecule has 1 heterocycles. The number of aromatic nitrogens is 1. The Morgan fingerprint density at radius 2 is 1.71 bits per heavy atom. The Bertz CT molecular complexity index is 1000. The summed E-state index contributed by atoms with van der Waals surface area (Å²) in [5.41, 5.74) is 4.37. The van der Waals surface area contributed by atoms with Crippen molar-refractivity contribution < 1.29 is 9.47 Å². The largest absolute Gasteiger partial charge is 0.495 e. The third-order valence-electron chi connectivity index (χ3n) is 4.35. The standard InChI is InChI=1S/C21H19NO2/c1-14-11-17-16-9-6-10-19(23-2)21(16)22-18(17)12-20(14)24-13-15-7-4-3-5-8-15/h3-12,22H,13H2,1-2H3. The van der Waals surface area contributed by atoms with Gasteiger partial charge in [0.05, 0.1) is 18.1 Å². The molecule has 0 spiro atoms. The van der Waals surface area contributed by atoms with Crippen LogP contribution in [0.4, 0.5) is 0 Å². The lowest BCUT2D eigenvalue weighted by Gasteiger charge is -2.09. The second-order valence-corrected chi connectivity index (χ2v) is 5.95. The summed E-state index contributed by atoms with van der Waals surface area (Å²) in [6.45, 7) is 2.65. The minimum Gasteiger partial charge on any atom is -0.495 e. The van der Waals surface area contributed by atoms with Gasteiger partial charge in [-0.05, 0) is 30.2 Å². The number of aromatic amines is 1. The number of hydrogen-bond acceptors (Lipinski definition) is 2. The summed E-state index contributed by atoms with van der Waals surface area (Å²) in [6, 6.07) is 20.6. The Labute approximate surface area is 140 Å². The second-order valence-electron chi connectivity index (χ2n) is 5.95. The van der Waals surface area contributed by atoms with E-state index >= 15 is 0 Å². The second kappa shape index (κ2) is 5.93. The average molecular weight is 317 g/mol. The number of aryl methyl sites for hydroxylation is 1. The minimum absolute atomic E-state index is 0.566. The number of rotatable bonds is 4. The molecule has 1 N–H and O–H groups in total. The zero-order valence-electron chi connectivity index (χ0n) is 13.8. The smallest absolute Gasteiger partial charge is 0.142 e. The molecule has 0 bridgehead atoms. The first-order chi connectivity index (χ1) is 11.8. The lowest BCUT2D eigenvalue weighted by Crippen LogP contribution is -1.96. The number of hydrogen-bond donors (Lipinski definition) is 1. The summed E-state index contributed by atoms with van der Waals surface area (Å²) in [4.78, 5) is 3.46. The third kappa shape index (κ3) is 2.48. The van der Waals surface area contributed by atoms with E-state index in [1.165, 1.54) is 10.8 Å². The Morgan fingerprint density at radius 3 is 2.50 bits per heavy atom. The molecule has 3 heteroatoms. The molecule has 0 aliphatic heterocycles. The van der Waals surface area contributed by atoms with E-state index in [0.29, 0.717) is 6.61 Å². The van der Waals surface area contributed by atoms with Gasteiger partial charge in [0.15, 0.2) is 0 Å². The van der Waals surface area contributed by atoms with Crippen LogP contribution in [0.15, 0.2) is 60.7 Å². The van der Waals surface area contributed by atoms with Crippen molar-refractivity contribution in [1.29, 1.82) is 0 Å². The molecule has 0 unspecified atom stereocenters. The summed E-state index contributed by atoms with van der Waals surface area (Å²) >= 11 is 0. The van der Waals surface area contributed by atoms with Crippen molar-refractivity contribution in [3.05, 3.63) is 71.8 Å². The zero-order chi connectivity index (χ0) is 16.5. The molecule has 4 aromatic rings. The molecule has 1 aromatic heterocycles. The monoisotopic (exact) mass is 317 g/mol. The highest BCUT2D eigenvalue weighted by Crippen LogP contribution is 2.35. The van der Waals surface area contributed by atoms with Crippen LogP contribution in [-0.4, -0.2) is 12.1 Å². The molecule has 0 atom stereocenters. The topological polar surface area (TPSA) is 34.2 Å². The number of benzene rings is 3. The van der Waals surface area contributed by atoms with Gasteiger partial charge in [0.2, 0.25) is 0 Å². The molecule has 0 aliphatic carbocycles. The molecule has 24 heavy (non-hydrogen) atoms. The van der Waals surface area contributed by atoms with Gasteiger partial charge in [-0.25, -0.2) is 0 Å². The van der Waals surface area contributed by atoms with Crippen molar-refractivity contribution in [2.24, 2.45) is 0 Å². The first-order valence-electron chi connectivity index (χ1n) is 8.02. The third-order valence-corrected chi connectivity index (χ3v) is 4.35. The van der Waals surface area contributed by atoms with Crippen molar-refractivity contribution >= 4 is 21.8 Å². The fraction of sp³-hybridized carbons (Fsp3) is 0.143. The van der Waals surface area contributed by atoms with Crippen LogP contribution in [0.25, 0.3) is 21.8 Å².